The first kappa shape index (κ1) is 30.2. The Morgan fingerprint density at radius 2 is 1.86 bits per heavy atom. The van der Waals surface area contributed by atoms with Gasteiger partial charge in [0.05, 0.1) is 32.3 Å². The molecule has 2 amide bonds. The maximum absolute atomic E-state index is 14.0. The van der Waals surface area contributed by atoms with E-state index >= 15 is 0 Å². The third-order valence-electron chi connectivity index (χ3n) is 9.21. The van der Waals surface area contributed by atoms with E-state index in [2.05, 4.69) is 5.32 Å². The molecule has 2 aliphatic carbocycles. The molecule has 0 saturated heterocycles. The zero-order valence-corrected chi connectivity index (χ0v) is 24.9. The Morgan fingerprint density at radius 3 is 2.61 bits per heavy atom. The van der Waals surface area contributed by atoms with Gasteiger partial charge in [0.1, 0.15) is 12.2 Å². The number of aliphatic hydroxyl groups is 3. The molecule has 0 bridgehead atoms. The highest BCUT2D eigenvalue weighted by atomic mass is 16.7. The second-order valence-corrected chi connectivity index (χ2v) is 11.9. The zero-order chi connectivity index (χ0) is 30.8. The molecule has 11 nitrogen and oxygen atoms in total. The van der Waals surface area contributed by atoms with Gasteiger partial charge in [0.2, 0.25) is 18.6 Å². The van der Waals surface area contributed by atoms with Crippen LogP contribution in [0.2, 0.25) is 0 Å². The van der Waals surface area contributed by atoms with Crippen LogP contribution in [0.1, 0.15) is 61.1 Å². The maximum Gasteiger partial charge on any atom is 0.247 e. The van der Waals surface area contributed by atoms with Crippen LogP contribution in [0.3, 0.4) is 0 Å². The summed E-state index contributed by atoms with van der Waals surface area (Å²) in [6.45, 7) is -0.158. The van der Waals surface area contributed by atoms with Crippen molar-refractivity contribution in [1.29, 1.82) is 0 Å². The van der Waals surface area contributed by atoms with Crippen molar-refractivity contribution in [2.75, 3.05) is 27.1 Å². The number of nitrogens with one attached hydrogen (secondary N) is 1. The molecule has 4 aliphatic rings. The maximum atomic E-state index is 14.0. The van der Waals surface area contributed by atoms with Gasteiger partial charge in [-0.2, -0.15) is 0 Å². The molecule has 2 aromatic carbocycles. The van der Waals surface area contributed by atoms with Crippen molar-refractivity contribution in [1.82, 2.24) is 10.2 Å². The molecule has 6 rings (SSSR count). The van der Waals surface area contributed by atoms with Crippen molar-refractivity contribution < 1.29 is 43.9 Å². The van der Waals surface area contributed by atoms with Crippen LogP contribution in [0, 0.1) is 5.92 Å². The number of fused-ring (bicyclic) bond motifs is 4. The van der Waals surface area contributed by atoms with Crippen LogP contribution in [0.15, 0.2) is 42.0 Å². The van der Waals surface area contributed by atoms with Gasteiger partial charge in [-0.3, -0.25) is 9.59 Å². The monoisotopic (exact) mass is 608 g/mol. The lowest BCUT2D eigenvalue weighted by atomic mass is 9.77. The van der Waals surface area contributed by atoms with Gasteiger partial charge < -0.3 is 44.5 Å². The summed E-state index contributed by atoms with van der Waals surface area (Å²) in [4.78, 5) is 29.3. The lowest BCUT2D eigenvalue weighted by Crippen LogP contribution is -2.55. The SMILES string of the molecule is COc1cc(CO)cc2c1OC1C2C(C(=O)NCCO)=CC(N(Cc2ccc3c(c2)OCO3)C(=O)CCC2CCCC2)C1O. The summed E-state index contributed by atoms with van der Waals surface area (Å²) in [7, 11) is 1.49. The van der Waals surface area contributed by atoms with Crippen LogP contribution >= 0.6 is 0 Å². The van der Waals surface area contributed by atoms with Crippen LogP contribution < -0.4 is 24.3 Å². The first-order chi connectivity index (χ1) is 21.4. The standard InChI is InChI=1S/C33H40N2O9/c1-41-27-14-21(17-37)12-22-29-23(33(40)34-10-11-36)15-24(30(39)32(29)44-31(22)27)35(28(38)9-7-19-4-2-3-5-19)16-20-6-8-25-26(13-20)43-18-42-25/h6,8,12-15,19,24,29-30,32,36-37,39H,2-5,7,9-11,16-18H2,1H3,(H,34,40). The molecule has 236 valence electrons. The van der Waals surface area contributed by atoms with E-state index in [9.17, 15) is 24.9 Å². The summed E-state index contributed by atoms with van der Waals surface area (Å²) in [5, 5.41) is 34.0. The minimum Gasteiger partial charge on any atom is -0.493 e. The van der Waals surface area contributed by atoms with Crippen LogP contribution in [0.5, 0.6) is 23.0 Å². The summed E-state index contributed by atoms with van der Waals surface area (Å²) >= 11 is 0. The van der Waals surface area contributed by atoms with Gasteiger partial charge in [0.25, 0.3) is 0 Å². The molecule has 0 spiro atoms. The largest absolute Gasteiger partial charge is 0.493 e. The third-order valence-corrected chi connectivity index (χ3v) is 9.21. The molecule has 0 aromatic heterocycles. The van der Waals surface area contributed by atoms with Gasteiger partial charge in [0.15, 0.2) is 23.0 Å². The van der Waals surface area contributed by atoms with Crippen LogP contribution in [-0.2, 0) is 22.7 Å². The Morgan fingerprint density at radius 1 is 1.07 bits per heavy atom. The summed E-state index contributed by atoms with van der Waals surface area (Å²) in [5.74, 6) is 1.24. The number of hydrogen-bond acceptors (Lipinski definition) is 9. The van der Waals surface area contributed by atoms with Crippen LogP contribution in [0.4, 0.5) is 0 Å². The number of hydrogen-bond donors (Lipinski definition) is 4. The fraction of sp³-hybridized carbons (Fsp3) is 0.515. The molecular weight excluding hydrogens is 568 g/mol. The van der Waals surface area contributed by atoms with E-state index in [0.29, 0.717) is 52.0 Å². The van der Waals surface area contributed by atoms with Crippen molar-refractivity contribution in [2.45, 2.75) is 75.8 Å². The topological polar surface area (TPSA) is 147 Å². The van der Waals surface area contributed by atoms with Gasteiger partial charge in [-0.1, -0.05) is 31.7 Å². The van der Waals surface area contributed by atoms with Crippen LogP contribution in [0.25, 0.3) is 0 Å². The second kappa shape index (κ2) is 13.1. The number of rotatable bonds is 11. The second-order valence-electron chi connectivity index (χ2n) is 11.9. The molecule has 4 N–H and O–H groups in total. The fourth-order valence-electron chi connectivity index (χ4n) is 6.99. The fourth-order valence-corrected chi connectivity index (χ4v) is 6.99. The van der Waals surface area contributed by atoms with Crippen molar-refractivity contribution in [2.24, 2.45) is 5.92 Å². The normalized spacial score (nSPS) is 23.4. The van der Waals surface area contributed by atoms with Gasteiger partial charge in [-0.05, 0) is 53.8 Å². The number of carbonyl (C=O) groups excluding carboxylic acids is 2. The highest BCUT2D eigenvalue weighted by Gasteiger charge is 2.51. The Bertz CT molecular complexity index is 1420. The lowest BCUT2D eigenvalue weighted by molar-refractivity contribution is -0.138. The first-order valence-corrected chi connectivity index (χ1v) is 15.4. The number of aliphatic hydroxyl groups excluding tert-OH is 3. The van der Waals surface area contributed by atoms with Crippen LogP contribution in [-0.4, -0.2) is 77.3 Å². The first-order valence-electron chi connectivity index (χ1n) is 15.4. The summed E-state index contributed by atoms with van der Waals surface area (Å²) in [5.41, 5.74) is 2.29. The minimum absolute atomic E-state index is 0.0374. The molecule has 1 saturated carbocycles. The minimum atomic E-state index is -1.19. The van der Waals surface area contributed by atoms with Gasteiger partial charge >= 0.3 is 0 Å². The number of carbonyl (C=O) groups is 2. The van der Waals surface area contributed by atoms with E-state index in [-0.39, 0.29) is 39.0 Å². The van der Waals surface area contributed by atoms with Crippen molar-refractivity contribution in [3.63, 3.8) is 0 Å². The number of amides is 2. The average Bonchev–Trinajstić information content (AvgIpc) is 3.81. The zero-order valence-electron chi connectivity index (χ0n) is 24.9. The lowest BCUT2D eigenvalue weighted by Gasteiger charge is -2.41. The average molecular weight is 609 g/mol. The van der Waals surface area contributed by atoms with E-state index in [4.69, 9.17) is 18.9 Å². The highest BCUT2D eigenvalue weighted by molar-refractivity contribution is 5.96. The number of methoxy groups -OCH3 is 1. The quantitative estimate of drug-likeness (QED) is 0.302. The van der Waals surface area contributed by atoms with E-state index in [1.54, 1.807) is 29.2 Å². The highest BCUT2D eigenvalue weighted by Crippen LogP contribution is 2.51. The number of ether oxygens (including phenoxy) is 4. The van der Waals surface area contributed by atoms with Crippen molar-refractivity contribution in [3.8, 4) is 23.0 Å². The Balaban J connectivity index is 1.38. The molecule has 0 radical (unpaired) electrons. The van der Waals surface area contributed by atoms with Gasteiger partial charge in [0, 0.05) is 30.6 Å². The van der Waals surface area contributed by atoms with E-state index in [0.717, 1.165) is 24.8 Å². The van der Waals surface area contributed by atoms with Crippen molar-refractivity contribution >= 4 is 11.8 Å². The number of nitrogens with zero attached hydrogens (tertiary/aromatic N) is 1. The molecular formula is C33H40N2O9. The molecule has 4 unspecified atom stereocenters. The third kappa shape index (κ3) is 5.83. The molecule has 1 fully saturated rings. The van der Waals surface area contributed by atoms with Gasteiger partial charge in [-0.15, -0.1) is 0 Å². The Hall–Kier alpha value is -3.80. The smallest absolute Gasteiger partial charge is 0.247 e. The molecule has 11 heteroatoms. The molecule has 2 heterocycles. The summed E-state index contributed by atoms with van der Waals surface area (Å²) < 4.78 is 22.9. The number of benzene rings is 2. The van der Waals surface area contributed by atoms with Gasteiger partial charge in [-0.25, -0.2) is 0 Å². The Kier molecular flexibility index (Phi) is 8.97. The molecule has 4 atom stereocenters. The summed E-state index contributed by atoms with van der Waals surface area (Å²) in [6.07, 6.45) is 5.25. The van der Waals surface area contributed by atoms with E-state index in [1.165, 1.54) is 20.0 Å². The molecule has 2 aromatic rings. The molecule has 2 aliphatic heterocycles. The predicted octanol–water partition coefficient (Wildman–Crippen LogP) is 2.54. The van der Waals surface area contributed by atoms with Crippen molar-refractivity contribution in [3.05, 3.63) is 58.7 Å². The van der Waals surface area contributed by atoms with E-state index < -0.39 is 30.1 Å². The molecule has 44 heavy (non-hydrogen) atoms. The summed E-state index contributed by atoms with van der Waals surface area (Å²) in [6, 6.07) is 8.03. The predicted molar refractivity (Wildman–Crippen MR) is 158 cm³/mol. The van der Waals surface area contributed by atoms with E-state index in [1.807, 2.05) is 12.1 Å². The Labute approximate surface area is 256 Å².